The van der Waals surface area contributed by atoms with Crippen LogP contribution in [0.3, 0.4) is 0 Å². The molecule has 2 atom stereocenters. The SMILES string of the molecule is COc1cc(NCC2CN3CCCC3CO2)nc(N)n1. The minimum absolute atomic E-state index is 0.187. The van der Waals surface area contributed by atoms with E-state index >= 15 is 0 Å². The maximum atomic E-state index is 5.89. The summed E-state index contributed by atoms with van der Waals surface area (Å²) in [7, 11) is 1.56. The summed E-state index contributed by atoms with van der Waals surface area (Å²) >= 11 is 0. The highest BCUT2D eigenvalue weighted by atomic mass is 16.5. The molecule has 0 aromatic carbocycles. The predicted molar refractivity (Wildman–Crippen MR) is 75.8 cm³/mol. The fourth-order valence-electron chi connectivity index (χ4n) is 2.87. The van der Waals surface area contributed by atoms with E-state index in [1.165, 1.54) is 19.4 Å². The Kier molecular flexibility index (Phi) is 3.88. The molecule has 7 nitrogen and oxygen atoms in total. The van der Waals surface area contributed by atoms with Crippen molar-refractivity contribution in [3.05, 3.63) is 6.07 Å². The number of hydrogen-bond acceptors (Lipinski definition) is 7. The molecule has 0 bridgehead atoms. The van der Waals surface area contributed by atoms with Gasteiger partial charge >= 0.3 is 0 Å². The first kappa shape index (κ1) is 13.4. The predicted octanol–water partition coefficient (Wildman–Crippen LogP) is 0.343. The molecule has 7 heteroatoms. The van der Waals surface area contributed by atoms with Crippen molar-refractivity contribution < 1.29 is 9.47 Å². The second-order valence-corrected chi connectivity index (χ2v) is 5.28. The number of nitrogens with one attached hydrogen (secondary N) is 1. The normalized spacial score (nSPS) is 26.2. The largest absolute Gasteiger partial charge is 0.481 e. The van der Waals surface area contributed by atoms with Gasteiger partial charge in [0.1, 0.15) is 5.82 Å². The molecule has 1 aromatic rings. The van der Waals surface area contributed by atoms with Crippen LogP contribution in [0.4, 0.5) is 11.8 Å². The van der Waals surface area contributed by atoms with Gasteiger partial charge in [0, 0.05) is 25.2 Å². The number of anilines is 2. The average molecular weight is 279 g/mol. The Hall–Kier alpha value is -1.60. The Bertz CT molecular complexity index is 470. The van der Waals surface area contributed by atoms with Crippen molar-refractivity contribution in [1.82, 2.24) is 14.9 Å². The zero-order valence-corrected chi connectivity index (χ0v) is 11.7. The Balaban J connectivity index is 1.55. The van der Waals surface area contributed by atoms with Crippen molar-refractivity contribution in [2.75, 3.05) is 44.4 Å². The average Bonchev–Trinajstić information content (AvgIpc) is 2.92. The van der Waals surface area contributed by atoms with Crippen LogP contribution in [0, 0.1) is 0 Å². The van der Waals surface area contributed by atoms with E-state index < -0.39 is 0 Å². The number of nitrogen functional groups attached to an aromatic ring is 1. The van der Waals surface area contributed by atoms with Gasteiger partial charge < -0.3 is 20.5 Å². The first-order valence-electron chi connectivity index (χ1n) is 7.02. The first-order chi connectivity index (χ1) is 9.74. The summed E-state index contributed by atoms with van der Waals surface area (Å²) in [6.07, 6.45) is 2.74. The van der Waals surface area contributed by atoms with Crippen molar-refractivity contribution in [2.24, 2.45) is 0 Å². The fraction of sp³-hybridized carbons (Fsp3) is 0.692. The monoisotopic (exact) mass is 279 g/mol. The van der Waals surface area contributed by atoms with Gasteiger partial charge in [0.05, 0.1) is 19.8 Å². The Morgan fingerprint density at radius 2 is 2.45 bits per heavy atom. The highest BCUT2D eigenvalue weighted by Crippen LogP contribution is 2.23. The van der Waals surface area contributed by atoms with Crippen LogP contribution >= 0.6 is 0 Å². The number of rotatable bonds is 4. The number of aromatic nitrogens is 2. The van der Waals surface area contributed by atoms with Gasteiger partial charge in [-0.1, -0.05) is 0 Å². The van der Waals surface area contributed by atoms with Gasteiger partial charge in [-0.2, -0.15) is 9.97 Å². The number of ether oxygens (including phenoxy) is 2. The summed E-state index contributed by atoms with van der Waals surface area (Å²) in [5, 5.41) is 3.25. The quantitative estimate of drug-likeness (QED) is 0.822. The van der Waals surface area contributed by atoms with Crippen LogP contribution in [0.5, 0.6) is 5.88 Å². The Labute approximate surface area is 118 Å². The van der Waals surface area contributed by atoms with Crippen molar-refractivity contribution in [3.63, 3.8) is 0 Å². The maximum Gasteiger partial charge on any atom is 0.225 e. The summed E-state index contributed by atoms with van der Waals surface area (Å²) in [6, 6.07) is 2.36. The van der Waals surface area contributed by atoms with E-state index in [9.17, 15) is 0 Å². The molecule has 2 aliphatic heterocycles. The molecule has 0 saturated carbocycles. The zero-order chi connectivity index (χ0) is 13.9. The van der Waals surface area contributed by atoms with Gasteiger partial charge in [-0.05, 0) is 19.4 Å². The highest BCUT2D eigenvalue weighted by Gasteiger charge is 2.31. The van der Waals surface area contributed by atoms with E-state index in [1.54, 1.807) is 13.2 Å². The Morgan fingerprint density at radius 3 is 3.30 bits per heavy atom. The van der Waals surface area contributed by atoms with Crippen molar-refractivity contribution in [2.45, 2.75) is 25.0 Å². The lowest BCUT2D eigenvalue weighted by Gasteiger charge is -2.35. The molecule has 0 aliphatic carbocycles. The summed E-state index contributed by atoms with van der Waals surface area (Å²) in [5.41, 5.74) is 5.63. The van der Waals surface area contributed by atoms with E-state index in [0.29, 0.717) is 24.3 Å². The molecule has 2 saturated heterocycles. The van der Waals surface area contributed by atoms with Crippen LogP contribution in [0.15, 0.2) is 6.07 Å². The van der Waals surface area contributed by atoms with Gasteiger partial charge in [0.15, 0.2) is 0 Å². The van der Waals surface area contributed by atoms with Crippen LogP contribution < -0.4 is 15.8 Å². The minimum Gasteiger partial charge on any atom is -0.481 e. The van der Waals surface area contributed by atoms with Crippen LogP contribution in [0.1, 0.15) is 12.8 Å². The number of fused-ring (bicyclic) bond motifs is 1. The molecule has 0 amide bonds. The molecule has 1 aromatic heterocycles. The van der Waals surface area contributed by atoms with Crippen LogP contribution in [0.25, 0.3) is 0 Å². The number of hydrogen-bond donors (Lipinski definition) is 2. The second-order valence-electron chi connectivity index (χ2n) is 5.28. The molecule has 3 heterocycles. The molecule has 0 spiro atoms. The second kappa shape index (κ2) is 5.80. The lowest BCUT2D eigenvalue weighted by atomic mass is 10.2. The molecular weight excluding hydrogens is 258 g/mol. The molecule has 20 heavy (non-hydrogen) atoms. The van der Waals surface area contributed by atoms with Crippen molar-refractivity contribution >= 4 is 11.8 Å². The van der Waals surface area contributed by atoms with E-state index in [1.807, 2.05) is 0 Å². The molecule has 2 unspecified atom stereocenters. The number of morpholine rings is 1. The van der Waals surface area contributed by atoms with E-state index in [2.05, 4.69) is 20.2 Å². The van der Waals surface area contributed by atoms with Crippen molar-refractivity contribution in [3.8, 4) is 5.88 Å². The lowest BCUT2D eigenvalue weighted by molar-refractivity contribution is -0.0416. The summed E-state index contributed by atoms with van der Waals surface area (Å²) in [5.74, 6) is 1.33. The third-order valence-electron chi connectivity index (χ3n) is 3.90. The highest BCUT2D eigenvalue weighted by molar-refractivity contribution is 5.42. The third kappa shape index (κ3) is 2.94. The minimum atomic E-state index is 0.187. The van der Waals surface area contributed by atoms with Crippen LogP contribution in [-0.4, -0.2) is 60.4 Å². The van der Waals surface area contributed by atoms with Gasteiger partial charge in [0.25, 0.3) is 0 Å². The van der Waals surface area contributed by atoms with Crippen LogP contribution in [-0.2, 0) is 4.74 Å². The van der Waals surface area contributed by atoms with Gasteiger partial charge in [-0.3, -0.25) is 4.90 Å². The maximum absolute atomic E-state index is 5.89. The fourth-order valence-corrected chi connectivity index (χ4v) is 2.87. The number of nitrogens with zero attached hydrogens (tertiary/aromatic N) is 3. The van der Waals surface area contributed by atoms with E-state index in [-0.39, 0.29) is 12.1 Å². The summed E-state index contributed by atoms with van der Waals surface area (Å²) in [4.78, 5) is 10.6. The summed E-state index contributed by atoms with van der Waals surface area (Å²) in [6.45, 7) is 3.72. The molecule has 0 radical (unpaired) electrons. The molecule has 2 aliphatic rings. The number of methoxy groups -OCH3 is 1. The smallest absolute Gasteiger partial charge is 0.225 e. The molecular formula is C13H21N5O2. The standard InChI is InChI=1S/C13H21N5O2/c1-19-12-5-11(16-13(14)17-12)15-6-10-7-18-4-2-3-9(18)8-20-10/h5,9-10H,2-4,6-8H2,1H3,(H3,14,15,16,17). The van der Waals surface area contributed by atoms with Crippen molar-refractivity contribution in [1.29, 1.82) is 0 Å². The van der Waals surface area contributed by atoms with Gasteiger partial charge in [0.2, 0.25) is 11.8 Å². The van der Waals surface area contributed by atoms with Gasteiger partial charge in [-0.25, -0.2) is 0 Å². The molecule has 3 rings (SSSR count). The molecule has 2 fully saturated rings. The van der Waals surface area contributed by atoms with Crippen LogP contribution in [0.2, 0.25) is 0 Å². The molecule has 3 N–H and O–H groups in total. The topological polar surface area (TPSA) is 85.5 Å². The third-order valence-corrected chi connectivity index (χ3v) is 3.90. The Morgan fingerprint density at radius 1 is 1.55 bits per heavy atom. The van der Waals surface area contributed by atoms with E-state index in [0.717, 1.165) is 13.2 Å². The lowest BCUT2D eigenvalue weighted by Crippen LogP contribution is -2.48. The van der Waals surface area contributed by atoms with E-state index in [4.69, 9.17) is 15.2 Å². The molecule has 110 valence electrons. The first-order valence-corrected chi connectivity index (χ1v) is 7.02. The van der Waals surface area contributed by atoms with Gasteiger partial charge in [-0.15, -0.1) is 0 Å². The summed E-state index contributed by atoms with van der Waals surface area (Å²) < 4.78 is 11.0. The number of nitrogens with two attached hydrogens (primary N) is 1. The zero-order valence-electron chi connectivity index (χ0n) is 11.7.